The van der Waals surface area contributed by atoms with Crippen molar-refractivity contribution in [1.29, 1.82) is 0 Å². The van der Waals surface area contributed by atoms with Gasteiger partial charge in [-0.05, 0) is 46.0 Å². The third-order valence-electron chi connectivity index (χ3n) is 6.37. The van der Waals surface area contributed by atoms with Gasteiger partial charge in [0.2, 0.25) is 11.8 Å². The highest BCUT2D eigenvalue weighted by atomic mass is 16.5. The molecule has 4 rings (SSSR count). The SMILES string of the molecule is Cc1noc(C)c1CCC(=O)N1CCCC(C)(c2noc(C3CCOCC3)n2)C1. The number of piperidine rings is 1. The first-order valence-electron chi connectivity index (χ1n) is 10.6. The van der Waals surface area contributed by atoms with Crippen molar-refractivity contribution in [3.63, 3.8) is 0 Å². The van der Waals surface area contributed by atoms with Gasteiger partial charge in [0.05, 0.1) is 5.69 Å². The van der Waals surface area contributed by atoms with Crippen LogP contribution in [-0.2, 0) is 21.4 Å². The highest BCUT2D eigenvalue weighted by molar-refractivity contribution is 5.76. The van der Waals surface area contributed by atoms with E-state index in [0.717, 1.165) is 68.3 Å². The summed E-state index contributed by atoms with van der Waals surface area (Å²) in [6.45, 7) is 8.84. The van der Waals surface area contributed by atoms with Crippen LogP contribution in [0.3, 0.4) is 0 Å². The molecule has 2 aromatic heterocycles. The Labute approximate surface area is 171 Å². The zero-order chi connectivity index (χ0) is 20.4. The van der Waals surface area contributed by atoms with Crippen LogP contribution < -0.4 is 0 Å². The Morgan fingerprint density at radius 2 is 2.00 bits per heavy atom. The van der Waals surface area contributed by atoms with Crippen LogP contribution in [0.5, 0.6) is 0 Å². The first kappa shape index (κ1) is 20.1. The first-order chi connectivity index (χ1) is 14.0. The maximum absolute atomic E-state index is 12.9. The van der Waals surface area contributed by atoms with Gasteiger partial charge in [-0.25, -0.2) is 0 Å². The molecule has 1 unspecified atom stereocenters. The van der Waals surface area contributed by atoms with Crippen LogP contribution in [-0.4, -0.2) is 52.4 Å². The van der Waals surface area contributed by atoms with Crippen molar-refractivity contribution in [2.24, 2.45) is 0 Å². The van der Waals surface area contributed by atoms with Crippen molar-refractivity contribution in [3.05, 3.63) is 28.7 Å². The summed E-state index contributed by atoms with van der Waals surface area (Å²) in [7, 11) is 0. The smallest absolute Gasteiger partial charge is 0.229 e. The van der Waals surface area contributed by atoms with E-state index in [4.69, 9.17) is 18.8 Å². The molecule has 2 aromatic rings. The lowest BCUT2D eigenvalue weighted by molar-refractivity contribution is -0.133. The summed E-state index contributed by atoms with van der Waals surface area (Å²) < 4.78 is 16.2. The molecule has 1 atom stereocenters. The number of hydrogen-bond acceptors (Lipinski definition) is 7. The molecule has 2 aliphatic heterocycles. The number of amides is 1. The molecule has 0 aromatic carbocycles. The molecule has 2 saturated heterocycles. The molecule has 0 N–H and O–H groups in total. The zero-order valence-corrected chi connectivity index (χ0v) is 17.6. The van der Waals surface area contributed by atoms with Crippen LogP contribution in [0.15, 0.2) is 9.05 Å². The van der Waals surface area contributed by atoms with Crippen molar-refractivity contribution in [3.8, 4) is 0 Å². The van der Waals surface area contributed by atoms with Crippen LogP contribution >= 0.6 is 0 Å². The minimum Gasteiger partial charge on any atom is -0.381 e. The van der Waals surface area contributed by atoms with Crippen molar-refractivity contribution in [2.75, 3.05) is 26.3 Å². The molecule has 0 aliphatic carbocycles. The fourth-order valence-electron chi connectivity index (χ4n) is 4.47. The van der Waals surface area contributed by atoms with Gasteiger partial charge in [0.15, 0.2) is 5.82 Å². The molecule has 4 heterocycles. The molecule has 158 valence electrons. The first-order valence-corrected chi connectivity index (χ1v) is 10.6. The summed E-state index contributed by atoms with van der Waals surface area (Å²) in [6.07, 6.45) is 4.85. The van der Waals surface area contributed by atoms with E-state index in [0.29, 0.717) is 25.3 Å². The van der Waals surface area contributed by atoms with Gasteiger partial charge in [-0.15, -0.1) is 0 Å². The quantitative estimate of drug-likeness (QED) is 0.758. The molecule has 0 radical (unpaired) electrons. The Kier molecular flexibility index (Phi) is 5.72. The van der Waals surface area contributed by atoms with Gasteiger partial charge < -0.3 is 18.7 Å². The largest absolute Gasteiger partial charge is 0.381 e. The molecule has 2 fully saturated rings. The number of aryl methyl sites for hydroxylation is 2. The van der Waals surface area contributed by atoms with Crippen LogP contribution in [0, 0.1) is 13.8 Å². The predicted octanol–water partition coefficient (Wildman–Crippen LogP) is 3.08. The van der Waals surface area contributed by atoms with Crippen molar-refractivity contribution in [2.45, 2.75) is 70.6 Å². The third kappa shape index (κ3) is 4.22. The summed E-state index contributed by atoms with van der Waals surface area (Å²) in [6, 6.07) is 0. The summed E-state index contributed by atoms with van der Waals surface area (Å²) in [4.78, 5) is 19.6. The highest BCUT2D eigenvalue weighted by Gasteiger charge is 2.39. The number of rotatable bonds is 5. The molecular formula is C21H30N4O4. The number of ether oxygens (including phenoxy) is 1. The lowest BCUT2D eigenvalue weighted by atomic mass is 9.81. The Balaban J connectivity index is 1.40. The van der Waals surface area contributed by atoms with Crippen molar-refractivity contribution >= 4 is 5.91 Å². The van der Waals surface area contributed by atoms with Crippen molar-refractivity contribution < 1.29 is 18.6 Å². The fourth-order valence-corrected chi connectivity index (χ4v) is 4.47. The monoisotopic (exact) mass is 402 g/mol. The average molecular weight is 402 g/mol. The lowest BCUT2D eigenvalue weighted by Crippen LogP contribution is -2.47. The number of aromatic nitrogens is 3. The topological polar surface area (TPSA) is 94.5 Å². The third-order valence-corrected chi connectivity index (χ3v) is 6.37. The van der Waals surface area contributed by atoms with Crippen LogP contribution in [0.25, 0.3) is 0 Å². The molecule has 0 saturated carbocycles. The molecule has 2 aliphatic rings. The number of nitrogens with zero attached hydrogens (tertiary/aromatic N) is 4. The highest BCUT2D eigenvalue weighted by Crippen LogP contribution is 2.34. The second kappa shape index (κ2) is 8.26. The maximum atomic E-state index is 12.9. The fraction of sp³-hybridized carbons (Fsp3) is 0.714. The summed E-state index contributed by atoms with van der Waals surface area (Å²) in [5.74, 6) is 2.67. The van der Waals surface area contributed by atoms with E-state index in [2.05, 4.69) is 17.2 Å². The summed E-state index contributed by atoms with van der Waals surface area (Å²) in [5, 5.41) is 8.28. The maximum Gasteiger partial charge on any atom is 0.229 e. The molecule has 0 bridgehead atoms. The molecule has 8 nitrogen and oxygen atoms in total. The van der Waals surface area contributed by atoms with Gasteiger partial charge in [-0.3, -0.25) is 4.79 Å². The molecule has 29 heavy (non-hydrogen) atoms. The lowest BCUT2D eigenvalue weighted by Gasteiger charge is -2.38. The van der Waals surface area contributed by atoms with Gasteiger partial charge in [0.1, 0.15) is 5.76 Å². The van der Waals surface area contributed by atoms with Crippen LogP contribution in [0.4, 0.5) is 0 Å². The van der Waals surface area contributed by atoms with E-state index >= 15 is 0 Å². The van der Waals surface area contributed by atoms with Gasteiger partial charge in [-0.2, -0.15) is 4.98 Å². The van der Waals surface area contributed by atoms with Crippen LogP contribution in [0.1, 0.15) is 73.7 Å². The van der Waals surface area contributed by atoms with E-state index in [1.54, 1.807) is 0 Å². The summed E-state index contributed by atoms with van der Waals surface area (Å²) in [5.41, 5.74) is 1.63. The second-order valence-corrected chi connectivity index (χ2v) is 8.63. The number of carbonyl (C=O) groups excluding carboxylic acids is 1. The number of likely N-dealkylation sites (tertiary alicyclic amines) is 1. The van der Waals surface area contributed by atoms with E-state index in [-0.39, 0.29) is 17.2 Å². The molecule has 1 amide bonds. The predicted molar refractivity (Wildman–Crippen MR) is 105 cm³/mol. The average Bonchev–Trinajstić information content (AvgIpc) is 3.35. The number of carbonyl (C=O) groups is 1. The minimum atomic E-state index is -0.274. The standard InChI is InChI=1S/C21H30N4O4/c1-14-17(15(2)28-23-14)5-6-18(26)25-10-4-9-21(3,13-25)20-22-19(29-24-20)16-7-11-27-12-8-16/h16H,4-13H2,1-3H3. The zero-order valence-electron chi connectivity index (χ0n) is 17.6. The summed E-state index contributed by atoms with van der Waals surface area (Å²) >= 11 is 0. The normalized spacial score (nSPS) is 23.5. The molecular weight excluding hydrogens is 372 g/mol. The van der Waals surface area contributed by atoms with E-state index in [1.165, 1.54) is 0 Å². The Morgan fingerprint density at radius 1 is 1.21 bits per heavy atom. The van der Waals surface area contributed by atoms with Crippen LogP contribution in [0.2, 0.25) is 0 Å². The Morgan fingerprint density at radius 3 is 2.72 bits per heavy atom. The second-order valence-electron chi connectivity index (χ2n) is 8.63. The van der Waals surface area contributed by atoms with Gasteiger partial charge in [0.25, 0.3) is 0 Å². The Bertz CT molecular complexity index is 835. The Hall–Kier alpha value is -2.22. The van der Waals surface area contributed by atoms with E-state index in [1.807, 2.05) is 18.7 Å². The van der Waals surface area contributed by atoms with E-state index in [9.17, 15) is 4.79 Å². The minimum absolute atomic E-state index is 0.157. The van der Waals surface area contributed by atoms with E-state index < -0.39 is 0 Å². The molecule has 8 heteroatoms. The van der Waals surface area contributed by atoms with Gasteiger partial charge in [-0.1, -0.05) is 17.2 Å². The number of hydrogen-bond donors (Lipinski definition) is 0. The van der Waals surface area contributed by atoms with Gasteiger partial charge >= 0.3 is 0 Å². The molecule has 0 spiro atoms. The van der Waals surface area contributed by atoms with Crippen molar-refractivity contribution in [1.82, 2.24) is 20.2 Å². The van der Waals surface area contributed by atoms with Gasteiger partial charge in [0, 0.05) is 49.6 Å².